The van der Waals surface area contributed by atoms with Crippen LogP contribution in [0, 0.1) is 17.8 Å². The maximum atomic E-state index is 4.68. The van der Waals surface area contributed by atoms with E-state index in [1.54, 1.807) is 0 Å². The summed E-state index contributed by atoms with van der Waals surface area (Å²) < 4.78 is 0. The van der Waals surface area contributed by atoms with Crippen molar-refractivity contribution in [3.8, 4) is 11.8 Å². The molecule has 0 N–H and O–H groups in total. The number of rotatable bonds is 1. The highest BCUT2D eigenvalue weighted by Gasteiger charge is 2.18. The number of hydrogen-bond acceptors (Lipinski definition) is 1. The molecule has 1 aliphatic rings. The normalized spacial score (nSPS) is 23.1. The molecule has 0 radical (unpaired) electrons. The third-order valence-corrected chi connectivity index (χ3v) is 3.17. The summed E-state index contributed by atoms with van der Waals surface area (Å²) in [5.74, 6) is 6.44. The number of allylic oxidation sites excluding steroid dienone is 4. The van der Waals surface area contributed by atoms with Gasteiger partial charge in [0, 0.05) is 12.1 Å². The van der Waals surface area contributed by atoms with Crippen LogP contribution in [0.4, 0.5) is 0 Å². The lowest BCUT2D eigenvalue weighted by molar-refractivity contribution is 0.481. The van der Waals surface area contributed by atoms with E-state index in [0.29, 0.717) is 0 Å². The molecular formula is C16H23N. The van der Waals surface area contributed by atoms with Crippen LogP contribution in [0.15, 0.2) is 28.3 Å². The molecule has 92 valence electrons. The second kappa shape index (κ2) is 5.87. The fraction of sp³-hybridized carbons (Fsp3) is 0.562. The molecular weight excluding hydrogens is 206 g/mol. The number of nitrogens with zero attached hydrogens (tertiary/aromatic N) is 1. The van der Waals surface area contributed by atoms with E-state index < -0.39 is 0 Å². The Balaban J connectivity index is 3.09. The van der Waals surface area contributed by atoms with Gasteiger partial charge in [0.15, 0.2) is 0 Å². The summed E-state index contributed by atoms with van der Waals surface area (Å²) >= 11 is 0. The zero-order chi connectivity index (χ0) is 12.9. The lowest BCUT2D eigenvalue weighted by Gasteiger charge is -2.23. The molecule has 1 rings (SSSR count). The Kier molecular flexibility index (Phi) is 4.75. The van der Waals surface area contributed by atoms with Gasteiger partial charge in [-0.25, -0.2) is 0 Å². The molecule has 0 saturated heterocycles. The average Bonchev–Trinajstić information content (AvgIpc) is 2.26. The van der Waals surface area contributed by atoms with Crippen molar-refractivity contribution in [2.24, 2.45) is 10.9 Å². The summed E-state index contributed by atoms with van der Waals surface area (Å²) in [7, 11) is 0. The summed E-state index contributed by atoms with van der Waals surface area (Å²) in [4.78, 5) is 4.68. The molecule has 0 aliphatic carbocycles. The third kappa shape index (κ3) is 4.23. The highest BCUT2D eigenvalue weighted by molar-refractivity contribution is 5.81. The van der Waals surface area contributed by atoms with Crippen molar-refractivity contribution in [1.29, 1.82) is 0 Å². The molecule has 0 fully saturated rings. The van der Waals surface area contributed by atoms with Crippen molar-refractivity contribution >= 4 is 6.21 Å². The van der Waals surface area contributed by atoms with Crippen LogP contribution in [0.1, 0.15) is 47.5 Å². The van der Waals surface area contributed by atoms with E-state index in [1.165, 1.54) is 11.1 Å². The zero-order valence-electron chi connectivity index (χ0n) is 11.7. The van der Waals surface area contributed by atoms with Crippen molar-refractivity contribution in [3.05, 3.63) is 23.3 Å². The van der Waals surface area contributed by atoms with Gasteiger partial charge in [0.1, 0.15) is 0 Å². The van der Waals surface area contributed by atoms with Gasteiger partial charge in [0.05, 0.1) is 5.54 Å². The van der Waals surface area contributed by atoms with Crippen molar-refractivity contribution in [2.75, 3.05) is 0 Å². The summed E-state index contributed by atoms with van der Waals surface area (Å²) in [6.45, 7) is 10.5. The molecule has 1 unspecified atom stereocenters. The minimum absolute atomic E-state index is 0.0349. The highest BCUT2D eigenvalue weighted by Crippen LogP contribution is 2.25. The Bertz CT molecular complexity index is 411. The Morgan fingerprint density at radius 2 is 2.18 bits per heavy atom. The zero-order valence-corrected chi connectivity index (χ0v) is 11.7. The van der Waals surface area contributed by atoms with Crippen LogP contribution in [0.2, 0.25) is 0 Å². The molecule has 0 spiro atoms. The maximum Gasteiger partial charge on any atom is 0.0555 e. The predicted octanol–water partition coefficient (Wildman–Crippen LogP) is 4.16. The van der Waals surface area contributed by atoms with E-state index in [4.69, 9.17) is 0 Å². The van der Waals surface area contributed by atoms with Gasteiger partial charge in [0.2, 0.25) is 0 Å². The Labute approximate surface area is 106 Å². The summed E-state index contributed by atoms with van der Waals surface area (Å²) in [6.07, 6.45) is 8.64. The van der Waals surface area contributed by atoms with Gasteiger partial charge in [-0.15, -0.1) is 5.92 Å². The molecule has 1 heterocycles. The first-order valence-corrected chi connectivity index (χ1v) is 6.33. The van der Waals surface area contributed by atoms with Gasteiger partial charge in [-0.3, -0.25) is 4.99 Å². The fourth-order valence-electron chi connectivity index (χ4n) is 1.85. The molecule has 1 aliphatic heterocycles. The van der Waals surface area contributed by atoms with E-state index >= 15 is 0 Å². The van der Waals surface area contributed by atoms with Crippen LogP contribution in [0.3, 0.4) is 0 Å². The van der Waals surface area contributed by atoms with Crippen LogP contribution >= 0.6 is 0 Å². The summed E-state index contributed by atoms with van der Waals surface area (Å²) in [5, 5.41) is 0. The quantitative estimate of drug-likeness (QED) is 0.599. The molecule has 0 bridgehead atoms. The van der Waals surface area contributed by atoms with Gasteiger partial charge in [-0.2, -0.15) is 0 Å². The first-order chi connectivity index (χ1) is 7.98. The molecule has 0 aromatic carbocycles. The fourth-order valence-corrected chi connectivity index (χ4v) is 1.85. The topological polar surface area (TPSA) is 12.4 Å². The van der Waals surface area contributed by atoms with Crippen molar-refractivity contribution in [2.45, 2.75) is 53.0 Å². The van der Waals surface area contributed by atoms with Crippen molar-refractivity contribution in [1.82, 2.24) is 0 Å². The van der Waals surface area contributed by atoms with Gasteiger partial charge in [-0.1, -0.05) is 23.6 Å². The third-order valence-electron chi connectivity index (χ3n) is 3.17. The summed E-state index contributed by atoms with van der Waals surface area (Å²) in [6, 6.07) is 0. The lowest BCUT2D eigenvalue weighted by Crippen LogP contribution is -2.19. The van der Waals surface area contributed by atoms with Crippen molar-refractivity contribution < 1.29 is 0 Å². The van der Waals surface area contributed by atoms with Gasteiger partial charge < -0.3 is 0 Å². The number of aliphatic imine (C=N–C) groups is 1. The van der Waals surface area contributed by atoms with Gasteiger partial charge in [-0.05, 0) is 53.0 Å². The molecule has 1 nitrogen and oxygen atoms in total. The minimum atomic E-state index is 0.0349. The van der Waals surface area contributed by atoms with Crippen LogP contribution in [-0.2, 0) is 0 Å². The first kappa shape index (κ1) is 13.8. The molecule has 17 heavy (non-hydrogen) atoms. The Morgan fingerprint density at radius 3 is 2.76 bits per heavy atom. The average molecular weight is 229 g/mol. The maximum absolute atomic E-state index is 4.68. The molecule has 1 atom stereocenters. The second-order valence-electron chi connectivity index (χ2n) is 5.19. The Morgan fingerprint density at radius 1 is 1.47 bits per heavy atom. The molecule has 1 heteroatoms. The Hall–Kier alpha value is -1.29. The molecule has 0 saturated carbocycles. The van der Waals surface area contributed by atoms with Crippen LogP contribution in [0.5, 0.6) is 0 Å². The first-order valence-electron chi connectivity index (χ1n) is 6.33. The van der Waals surface area contributed by atoms with Gasteiger partial charge >= 0.3 is 0 Å². The lowest BCUT2D eigenvalue weighted by atomic mass is 9.91. The molecule has 0 aromatic rings. The van der Waals surface area contributed by atoms with Crippen LogP contribution in [0.25, 0.3) is 0 Å². The second-order valence-corrected chi connectivity index (χ2v) is 5.19. The molecule has 0 aromatic heterocycles. The van der Waals surface area contributed by atoms with E-state index in [-0.39, 0.29) is 11.5 Å². The highest BCUT2D eigenvalue weighted by atomic mass is 14.8. The largest absolute Gasteiger partial charge is 0.287 e. The minimum Gasteiger partial charge on any atom is -0.287 e. The van der Waals surface area contributed by atoms with E-state index in [9.17, 15) is 0 Å². The van der Waals surface area contributed by atoms with E-state index in [0.717, 1.165) is 12.8 Å². The van der Waals surface area contributed by atoms with Crippen LogP contribution in [-0.4, -0.2) is 11.8 Å². The van der Waals surface area contributed by atoms with E-state index in [1.807, 2.05) is 13.1 Å². The summed E-state index contributed by atoms with van der Waals surface area (Å²) in [5.41, 5.74) is 2.65. The SMILES string of the molecule is CC#CC(C)C1=C/C(=C/C)CCC(C)(C)N=C1. The number of hydrogen-bond donors (Lipinski definition) is 0. The standard InChI is InChI=1S/C16H23N/c1-6-8-13(3)15-11-14(7-2)9-10-16(4,5)17-12-15/h7,11-13H,9-10H2,1-5H3/b14-7+,15-11?,17-12?. The van der Waals surface area contributed by atoms with Crippen LogP contribution < -0.4 is 0 Å². The molecule has 0 amide bonds. The van der Waals surface area contributed by atoms with E-state index in [2.05, 4.69) is 56.7 Å². The monoisotopic (exact) mass is 229 g/mol. The van der Waals surface area contributed by atoms with Crippen molar-refractivity contribution in [3.63, 3.8) is 0 Å². The smallest absolute Gasteiger partial charge is 0.0555 e. The van der Waals surface area contributed by atoms with Gasteiger partial charge in [0.25, 0.3) is 0 Å². The predicted molar refractivity (Wildman–Crippen MR) is 76.3 cm³/mol.